The maximum atomic E-state index is 12.4. The molecule has 1 N–H and O–H groups in total. The summed E-state index contributed by atoms with van der Waals surface area (Å²) in [6.07, 6.45) is -3.20. The van der Waals surface area contributed by atoms with Crippen LogP contribution in [0.5, 0.6) is 0 Å². The van der Waals surface area contributed by atoms with Crippen molar-refractivity contribution in [2.75, 3.05) is 13.6 Å². The first-order chi connectivity index (χ1) is 17.2. The number of carbonyl (C=O) groups is 4. The van der Waals surface area contributed by atoms with E-state index in [1.807, 2.05) is 60.7 Å². The number of nitrogens with one attached hydrogen (secondary N) is 1. The number of β-lactam (4-membered cyclic amide) rings is 1. The van der Waals surface area contributed by atoms with E-state index in [0.717, 1.165) is 16.0 Å². The Hall–Kier alpha value is -4.08. The number of carbonyl (C=O) groups excluding carboxylic acids is 4. The predicted octanol–water partition coefficient (Wildman–Crippen LogP) is 3.04. The summed E-state index contributed by atoms with van der Waals surface area (Å²) in [6.45, 7) is 3.02. The molecule has 36 heavy (non-hydrogen) atoms. The van der Waals surface area contributed by atoms with Crippen molar-refractivity contribution in [3.63, 3.8) is 0 Å². The fourth-order valence-corrected chi connectivity index (χ4v) is 3.67. The second-order valence-corrected chi connectivity index (χ2v) is 8.50. The lowest BCUT2D eigenvalue weighted by Gasteiger charge is -2.42. The third kappa shape index (κ3) is 7.46. The molecule has 1 saturated heterocycles. The van der Waals surface area contributed by atoms with Gasteiger partial charge in [-0.15, -0.1) is 0 Å². The highest BCUT2D eigenvalue weighted by molar-refractivity contribution is 5.87. The van der Waals surface area contributed by atoms with Crippen LogP contribution in [0.3, 0.4) is 0 Å². The van der Waals surface area contributed by atoms with Crippen LogP contribution in [-0.4, -0.2) is 60.9 Å². The van der Waals surface area contributed by atoms with E-state index in [1.165, 1.54) is 7.05 Å². The number of likely N-dealkylation sites (N-methyl/N-ethyl adjacent to an activating group) is 1. The highest BCUT2D eigenvalue weighted by atomic mass is 16.7. The van der Waals surface area contributed by atoms with E-state index in [1.54, 1.807) is 13.8 Å². The zero-order valence-electron chi connectivity index (χ0n) is 20.4. The van der Waals surface area contributed by atoms with Crippen LogP contribution in [0, 0.1) is 5.92 Å². The van der Waals surface area contributed by atoms with E-state index in [2.05, 4.69) is 5.32 Å². The normalized spacial score (nSPS) is 18.0. The van der Waals surface area contributed by atoms with E-state index in [0.29, 0.717) is 0 Å². The first kappa shape index (κ1) is 26.5. The van der Waals surface area contributed by atoms with Gasteiger partial charge in [0.25, 0.3) is 0 Å². The lowest BCUT2D eigenvalue weighted by molar-refractivity contribution is -0.147. The Morgan fingerprint density at radius 1 is 0.861 bits per heavy atom. The smallest absolute Gasteiger partial charge is 0.459 e. The van der Waals surface area contributed by atoms with Gasteiger partial charge in [0.05, 0.1) is 12.0 Å². The number of rotatable bonds is 10. The molecule has 0 aliphatic carbocycles. The van der Waals surface area contributed by atoms with Crippen LogP contribution in [0.4, 0.5) is 9.59 Å². The minimum atomic E-state index is -0.900. The van der Waals surface area contributed by atoms with Crippen molar-refractivity contribution in [3.05, 3.63) is 71.8 Å². The first-order valence-corrected chi connectivity index (χ1v) is 11.5. The van der Waals surface area contributed by atoms with Crippen molar-refractivity contribution in [2.45, 2.75) is 45.3 Å². The molecule has 1 aliphatic heterocycles. The van der Waals surface area contributed by atoms with Crippen molar-refractivity contribution in [2.24, 2.45) is 5.92 Å². The van der Waals surface area contributed by atoms with Crippen molar-refractivity contribution >= 4 is 24.1 Å². The molecule has 0 bridgehead atoms. The molecule has 3 rings (SSSR count). The third-order valence-corrected chi connectivity index (χ3v) is 5.70. The molecule has 1 aliphatic rings. The van der Waals surface area contributed by atoms with E-state index in [9.17, 15) is 19.2 Å². The van der Waals surface area contributed by atoms with Gasteiger partial charge in [-0.25, -0.2) is 9.59 Å². The first-order valence-electron chi connectivity index (χ1n) is 11.5. The topological polar surface area (TPSA) is 120 Å². The summed E-state index contributed by atoms with van der Waals surface area (Å²) in [5, 5.41) is 2.67. The Morgan fingerprint density at radius 3 is 1.97 bits per heavy atom. The molecule has 0 spiro atoms. The largest absolute Gasteiger partial charge is 0.508 e. The maximum absolute atomic E-state index is 12.4. The zero-order chi connectivity index (χ0) is 26.1. The molecule has 2 aromatic carbocycles. The quantitative estimate of drug-likeness (QED) is 0.302. The molecule has 192 valence electrons. The van der Waals surface area contributed by atoms with Gasteiger partial charge in [-0.1, -0.05) is 60.7 Å². The van der Waals surface area contributed by atoms with Gasteiger partial charge >= 0.3 is 18.2 Å². The average Bonchev–Trinajstić information content (AvgIpc) is 2.85. The predicted molar refractivity (Wildman–Crippen MR) is 127 cm³/mol. The van der Waals surface area contributed by atoms with Gasteiger partial charge in [0.15, 0.2) is 0 Å². The summed E-state index contributed by atoms with van der Waals surface area (Å²) < 4.78 is 20.9. The minimum absolute atomic E-state index is 0.0425. The summed E-state index contributed by atoms with van der Waals surface area (Å²) in [4.78, 5) is 49.8. The molecule has 10 nitrogen and oxygen atoms in total. The summed E-state index contributed by atoms with van der Waals surface area (Å²) >= 11 is 0. The molecule has 0 aromatic heterocycles. The average molecular weight is 499 g/mol. The van der Waals surface area contributed by atoms with Crippen LogP contribution in [0.25, 0.3) is 0 Å². The number of amides is 2. The lowest BCUT2D eigenvalue weighted by atomic mass is 9.83. The fraction of sp³-hybridized carbons (Fsp3) is 0.385. The van der Waals surface area contributed by atoms with Crippen LogP contribution in [0.2, 0.25) is 0 Å². The molecule has 0 unspecified atom stereocenters. The summed E-state index contributed by atoms with van der Waals surface area (Å²) in [5.41, 5.74) is 1.63. The molecular formula is C26H30N2O8. The Labute approximate surface area is 209 Å². The maximum Gasteiger partial charge on any atom is 0.508 e. The molecule has 1 heterocycles. The third-order valence-electron chi connectivity index (χ3n) is 5.70. The number of hydrogen-bond acceptors (Lipinski definition) is 8. The SMILES string of the molecule is C[C@H](OC(=O)N(C)CC(=O)OCc1ccccc1)[C@H]1NC(=O)[C@@H]1[C@@H](C)OC(=O)OCc1ccccc1. The van der Waals surface area contributed by atoms with Gasteiger partial charge < -0.3 is 29.2 Å². The molecule has 0 saturated carbocycles. The zero-order valence-corrected chi connectivity index (χ0v) is 20.4. The van der Waals surface area contributed by atoms with Gasteiger partial charge in [-0.2, -0.15) is 0 Å². The van der Waals surface area contributed by atoms with Gasteiger partial charge in [0.1, 0.15) is 32.0 Å². The number of hydrogen-bond donors (Lipinski definition) is 1. The molecule has 4 atom stereocenters. The van der Waals surface area contributed by atoms with E-state index < -0.39 is 42.4 Å². The highest BCUT2D eigenvalue weighted by Gasteiger charge is 2.48. The van der Waals surface area contributed by atoms with Crippen molar-refractivity contribution in [3.8, 4) is 0 Å². The van der Waals surface area contributed by atoms with Crippen LogP contribution < -0.4 is 5.32 Å². The second-order valence-electron chi connectivity index (χ2n) is 8.50. The van der Waals surface area contributed by atoms with Gasteiger partial charge in [-0.05, 0) is 25.0 Å². The van der Waals surface area contributed by atoms with Crippen LogP contribution in [0.1, 0.15) is 25.0 Å². The monoisotopic (exact) mass is 498 g/mol. The number of ether oxygens (including phenoxy) is 4. The van der Waals surface area contributed by atoms with Gasteiger partial charge in [0, 0.05) is 7.05 Å². The summed E-state index contributed by atoms with van der Waals surface area (Å²) in [6, 6.07) is 17.7. The molecule has 2 aromatic rings. The van der Waals surface area contributed by atoms with E-state index in [4.69, 9.17) is 18.9 Å². The number of esters is 1. The summed E-state index contributed by atoms with van der Waals surface area (Å²) in [7, 11) is 1.41. The lowest BCUT2D eigenvalue weighted by Crippen LogP contribution is -2.67. The molecule has 2 amide bonds. The summed E-state index contributed by atoms with van der Waals surface area (Å²) in [5.74, 6) is -1.64. The Balaban J connectivity index is 1.42. The van der Waals surface area contributed by atoms with Crippen LogP contribution in [-0.2, 0) is 41.8 Å². The molecular weight excluding hydrogens is 468 g/mol. The number of benzene rings is 2. The number of nitrogens with zero attached hydrogens (tertiary/aromatic N) is 1. The molecule has 1 fully saturated rings. The van der Waals surface area contributed by atoms with Crippen LogP contribution >= 0.6 is 0 Å². The standard InChI is InChI=1S/C26H30N2O8/c1-17(36-26(32)34-16-20-12-8-5-9-13-20)22-23(27-24(22)30)18(2)35-25(31)28(3)14-21(29)33-15-19-10-6-4-7-11-19/h4-13,17-18,22-23H,14-16H2,1-3H3,(H,27,30)/t17-,18+,22-,23-/m1/s1. The van der Waals surface area contributed by atoms with Gasteiger partial charge in [-0.3, -0.25) is 9.59 Å². The van der Waals surface area contributed by atoms with Crippen molar-refractivity contribution in [1.29, 1.82) is 0 Å². The van der Waals surface area contributed by atoms with Crippen molar-refractivity contribution < 1.29 is 38.1 Å². The Kier molecular flexibility index (Phi) is 9.26. The molecule has 10 heteroatoms. The minimum Gasteiger partial charge on any atom is -0.459 e. The Morgan fingerprint density at radius 2 is 1.42 bits per heavy atom. The van der Waals surface area contributed by atoms with Crippen molar-refractivity contribution in [1.82, 2.24) is 10.2 Å². The second kappa shape index (κ2) is 12.6. The Bertz CT molecular complexity index is 1050. The van der Waals surface area contributed by atoms with Gasteiger partial charge in [0.2, 0.25) is 5.91 Å². The van der Waals surface area contributed by atoms with E-state index in [-0.39, 0.29) is 25.7 Å². The highest BCUT2D eigenvalue weighted by Crippen LogP contribution is 2.26. The molecule has 0 radical (unpaired) electrons. The fourth-order valence-electron chi connectivity index (χ4n) is 3.67. The van der Waals surface area contributed by atoms with Crippen LogP contribution in [0.15, 0.2) is 60.7 Å². The van der Waals surface area contributed by atoms with E-state index >= 15 is 0 Å².